The third-order valence-electron chi connectivity index (χ3n) is 2.70. The summed E-state index contributed by atoms with van der Waals surface area (Å²) in [6, 6.07) is 4.50. The normalized spacial score (nSPS) is 18.1. The SMILES string of the molecule is FCC1(CF)CCc2cccc(F)c2O1. The van der Waals surface area contributed by atoms with Gasteiger partial charge in [-0.3, -0.25) is 0 Å². The van der Waals surface area contributed by atoms with Crippen molar-refractivity contribution in [2.75, 3.05) is 13.3 Å². The Morgan fingerprint density at radius 3 is 2.67 bits per heavy atom. The lowest BCUT2D eigenvalue weighted by molar-refractivity contribution is -0.00298. The maximum absolute atomic E-state index is 13.3. The van der Waals surface area contributed by atoms with Crippen molar-refractivity contribution in [3.05, 3.63) is 29.6 Å². The molecule has 0 saturated heterocycles. The largest absolute Gasteiger partial charge is 0.478 e. The van der Waals surface area contributed by atoms with E-state index in [0.29, 0.717) is 12.0 Å². The first-order valence-electron chi connectivity index (χ1n) is 4.79. The molecule has 1 aromatic rings. The van der Waals surface area contributed by atoms with Crippen LogP contribution in [0.5, 0.6) is 5.75 Å². The van der Waals surface area contributed by atoms with Crippen LogP contribution in [0, 0.1) is 5.82 Å². The molecule has 0 radical (unpaired) electrons. The number of para-hydroxylation sites is 1. The van der Waals surface area contributed by atoms with Crippen molar-refractivity contribution in [3.8, 4) is 5.75 Å². The van der Waals surface area contributed by atoms with Gasteiger partial charge in [0.2, 0.25) is 0 Å². The zero-order chi connectivity index (χ0) is 10.9. The van der Waals surface area contributed by atoms with E-state index in [0.717, 1.165) is 0 Å². The maximum Gasteiger partial charge on any atom is 0.166 e. The molecule has 0 unspecified atom stereocenters. The predicted molar refractivity (Wildman–Crippen MR) is 50.0 cm³/mol. The van der Waals surface area contributed by atoms with E-state index >= 15 is 0 Å². The van der Waals surface area contributed by atoms with Crippen molar-refractivity contribution < 1.29 is 17.9 Å². The summed E-state index contributed by atoms with van der Waals surface area (Å²) in [4.78, 5) is 0. The Bertz CT molecular complexity index is 361. The van der Waals surface area contributed by atoms with E-state index in [1.807, 2.05) is 0 Å². The van der Waals surface area contributed by atoms with Crippen molar-refractivity contribution in [3.63, 3.8) is 0 Å². The van der Waals surface area contributed by atoms with Crippen LogP contribution in [0.4, 0.5) is 13.2 Å². The molecule has 0 saturated carbocycles. The van der Waals surface area contributed by atoms with Gasteiger partial charge in [0.05, 0.1) is 0 Å². The van der Waals surface area contributed by atoms with E-state index in [2.05, 4.69) is 0 Å². The molecule has 0 aromatic heterocycles. The lowest BCUT2D eigenvalue weighted by atomic mass is 9.93. The Hall–Kier alpha value is -1.19. The molecule has 15 heavy (non-hydrogen) atoms. The van der Waals surface area contributed by atoms with Gasteiger partial charge in [0, 0.05) is 0 Å². The number of hydrogen-bond acceptors (Lipinski definition) is 1. The number of benzene rings is 1. The number of aryl methyl sites for hydroxylation is 1. The summed E-state index contributed by atoms with van der Waals surface area (Å²) in [5.41, 5.74) is -0.803. The molecular weight excluding hydrogens is 205 g/mol. The van der Waals surface area contributed by atoms with E-state index < -0.39 is 24.8 Å². The van der Waals surface area contributed by atoms with Crippen LogP contribution in [0.2, 0.25) is 0 Å². The molecular formula is C11H11F3O. The highest BCUT2D eigenvalue weighted by Crippen LogP contribution is 2.35. The molecule has 0 atom stereocenters. The van der Waals surface area contributed by atoms with Crippen molar-refractivity contribution in [1.82, 2.24) is 0 Å². The van der Waals surface area contributed by atoms with Gasteiger partial charge in [-0.25, -0.2) is 13.2 Å². The van der Waals surface area contributed by atoms with Gasteiger partial charge >= 0.3 is 0 Å². The zero-order valence-electron chi connectivity index (χ0n) is 8.10. The molecule has 1 nitrogen and oxygen atoms in total. The molecule has 1 aromatic carbocycles. The summed E-state index contributed by atoms with van der Waals surface area (Å²) >= 11 is 0. The second-order valence-electron chi connectivity index (χ2n) is 3.78. The van der Waals surface area contributed by atoms with Crippen LogP contribution in [0.1, 0.15) is 12.0 Å². The van der Waals surface area contributed by atoms with E-state index in [1.165, 1.54) is 6.07 Å². The topological polar surface area (TPSA) is 9.23 Å². The molecule has 4 heteroatoms. The lowest BCUT2D eigenvalue weighted by Gasteiger charge is -2.34. The molecule has 0 aliphatic carbocycles. The minimum absolute atomic E-state index is 0.000880. The molecule has 2 rings (SSSR count). The standard InChI is InChI=1S/C11H11F3O/c12-6-11(7-13)5-4-8-2-1-3-9(14)10(8)15-11/h1-3H,4-7H2. The Balaban J connectivity index is 2.36. The molecule has 1 aliphatic rings. The summed E-state index contributed by atoms with van der Waals surface area (Å²) in [6.07, 6.45) is 0.692. The lowest BCUT2D eigenvalue weighted by Crippen LogP contribution is -2.44. The third-order valence-corrected chi connectivity index (χ3v) is 2.70. The fourth-order valence-corrected chi connectivity index (χ4v) is 1.72. The summed E-state index contributed by atoms with van der Waals surface area (Å²) in [7, 11) is 0. The smallest absolute Gasteiger partial charge is 0.166 e. The number of ether oxygens (including phenoxy) is 1. The number of fused-ring (bicyclic) bond motifs is 1. The van der Waals surface area contributed by atoms with Crippen molar-refractivity contribution in [2.24, 2.45) is 0 Å². The first-order chi connectivity index (χ1) is 7.21. The molecule has 82 valence electrons. The van der Waals surface area contributed by atoms with Crippen LogP contribution in [0.25, 0.3) is 0 Å². The summed E-state index contributed by atoms with van der Waals surface area (Å²) in [6.45, 7) is -1.87. The highest BCUT2D eigenvalue weighted by molar-refractivity contribution is 5.37. The molecule has 1 aliphatic heterocycles. The van der Waals surface area contributed by atoms with Crippen LogP contribution in [-0.4, -0.2) is 19.0 Å². The molecule has 0 N–H and O–H groups in total. The van der Waals surface area contributed by atoms with Crippen LogP contribution >= 0.6 is 0 Å². The average Bonchev–Trinajstić information content (AvgIpc) is 2.29. The van der Waals surface area contributed by atoms with E-state index in [9.17, 15) is 13.2 Å². The summed E-state index contributed by atoms with van der Waals surface area (Å²) < 4.78 is 43.8. The van der Waals surface area contributed by atoms with Crippen LogP contribution in [-0.2, 0) is 6.42 Å². The van der Waals surface area contributed by atoms with Crippen LogP contribution < -0.4 is 4.74 Å². The average molecular weight is 216 g/mol. The Morgan fingerprint density at radius 1 is 1.27 bits per heavy atom. The zero-order valence-corrected chi connectivity index (χ0v) is 8.10. The predicted octanol–water partition coefficient (Wildman–Crippen LogP) is 2.83. The first kappa shape index (κ1) is 10.3. The van der Waals surface area contributed by atoms with Gasteiger partial charge in [0.15, 0.2) is 17.2 Å². The third kappa shape index (κ3) is 1.68. The monoisotopic (exact) mass is 216 g/mol. The first-order valence-corrected chi connectivity index (χ1v) is 4.79. The van der Waals surface area contributed by atoms with Gasteiger partial charge in [-0.1, -0.05) is 12.1 Å². The Labute approximate surface area is 85.9 Å². The summed E-state index contributed by atoms with van der Waals surface area (Å²) in [5.74, 6) is -0.558. The minimum atomic E-state index is -1.48. The van der Waals surface area contributed by atoms with Crippen LogP contribution in [0.3, 0.4) is 0 Å². The van der Waals surface area contributed by atoms with Gasteiger partial charge in [-0.2, -0.15) is 0 Å². The van der Waals surface area contributed by atoms with Gasteiger partial charge in [-0.15, -0.1) is 0 Å². The highest BCUT2D eigenvalue weighted by Gasteiger charge is 2.37. The fraction of sp³-hybridized carbons (Fsp3) is 0.455. The van der Waals surface area contributed by atoms with Crippen molar-refractivity contribution >= 4 is 0 Å². The second-order valence-corrected chi connectivity index (χ2v) is 3.78. The molecule has 1 heterocycles. The van der Waals surface area contributed by atoms with Gasteiger partial charge < -0.3 is 4.74 Å². The number of rotatable bonds is 2. The molecule has 0 fully saturated rings. The van der Waals surface area contributed by atoms with Crippen molar-refractivity contribution in [1.29, 1.82) is 0 Å². The van der Waals surface area contributed by atoms with E-state index in [4.69, 9.17) is 4.74 Å². The van der Waals surface area contributed by atoms with Gasteiger partial charge in [0.1, 0.15) is 13.3 Å². The summed E-state index contributed by atoms with van der Waals surface area (Å²) in [5, 5.41) is 0. The molecule has 0 spiro atoms. The number of alkyl halides is 2. The van der Waals surface area contributed by atoms with Gasteiger partial charge in [-0.05, 0) is 24.5 Å². The van der Waals surface area contributed by atoms with Gasteiger partial charge in [0.25, 0.3) is 0 Å². The van der Waals surface area contributed by atoms with Crippen molar-refractivity contribution in [2.45, 2.75) is 18.4 Å². The Kier molecular flexibility index (Phi) is 2.59. The Morgan fingerprint density at radius 2 is 2.00 bits per heavy atom. The minimum Gasteiger partial charge on any atom is -0.478 e. The highest BCUT2D eigenvalue weighted by atomic mass is 19.1. The van der Waals surface area contributed by atoms with Crippen LogP contribution in [0.15, 0.2) is 18.2 Å². The second kappa shape index (κ2) is 3.76. The number of halogens is 3. The van der Waals surface area contributed by atoms with E-state index in [1.54, 1.807) is 12.1 Å². The molecule has 0 amide bonds. The van der Waals surface area contributed by atoms with E-state index in [-0.39, 0.29) is 12.2 Å². The maximum atomic E-state index is 13.3. The molecule has 0 bridgehead atoms. The number of hydrogen-bond donors (Lipinski definition) is 0. The quantitative estimate of drug-likeness (QED) is 0.738. The fourth-order valence-electron chi connectivity index (χ4n) is 1.72.